The molecule has 0 amide bonds. The molecule has 0 aromatic carbocycles. The number of aliphatic hydroxyl groups is 2. The molecular weight excluding hydrogens is 456 g/mol. The highest BCUT2D eigenvalue weighted by molar-refractivity contribution is 6.29. The second-order valence-corrected chi connectivity index (χ2v) is 8.71. The third kappa shape index (κ3) is 8.92. The van der Waals surface area contributed by atoms with Crippen molar-refractivity contribution in [3.05, 3.63) is 34.4 Å². The first kappa shape index (κ1) is 27.0. The Kier molecular flexibility index (Phi) is 10.6. The van der Waals surface area contributed by atoms with Crippen LogP contribution >= 0.6 is 11.6 Å². The summed E-state index contributed by atoms with van der Waals surface area (Å²) in [5, 5.41) is 29.9. The summed E-state index contributed by atoms with van der Waals surface area (Å²) in [5.74, 6) is -2.32. The van der Waals surface area contributed by atoms with Gasteiger partial charge in [-0.25, -0.2) is 0 Å². The van der Waals surface area contributed by atoms with Crippen LogP contribution in [0.15, 0.2) is 34.4 Å². The standard InChI is InChI=1S/C23H31ClO9/c1-13(9-21(28)29)8-18(27)23-20-10-17(32-23)7-6-16(24)5-3-4-15(12-25)19(31-14(2)26)11-22(30)33-20/h4-5,8,17-20,23,25,27H,3,6-7,9-12H2,1-2H3,(H,28,29). The molecule has 2 bridgehead atoms. The van der Waals surface area contributed by atoms with Crippen LogP contribution < -0.4 is 0 Å². The fourth-order valence-electron chi connectivity index (χ4n) is 3.90. The van der Waals surface area contributed by atoms with E-state index in [0.717, 1.165) is 0 Å². The number of aliphatic hydroxyl groups excluding tert-OH is 2. The van der Waals surface area contributed by atoms with E-state index in [-0.39, 0.29) is 18.9 Å². The molecule has 184 valence electrons. The van der Waals surface area contributed by atoms with Gasteiger partial charge >= 0.3 is 17.9 Å². The van der Waals surface area contributed by atoms with Crippen molar-refractivity contribution in [2.24, 2.45) is 0 Å². The van der Waals surface area contributed by atoms with Crippen molar-refractivity contribution in [1.29, 1.82) is 0 Å². The van der Waals surface area contributed by atoms with Gasteiger partial charge in [-0.15, -0.1) is 0 Å². The summed E-state index contributed by atoms with van der Waals surface area (Å²) in [7, 11) is 0. The number of allylic oxidation sites excluding steroid dienone is 3. The number of hydrogen-bond acceptors (Lipinski definition) is 8. The minimum Gasteiger partial charge on any atom is -0.481 e. The van der Waals surface area contributed by atoms with E-state index < -0.39 is 48.9 Å². The zero-order chi connectivity index (χ0) is 24.5. The molecule has 10 heteroatoms. The fourth-order valence-corrected chi connectivity index (χ4v) is 4.10. The van der Waals surface area contributed by atoms with Crippen LogP contribution in [0.5, 0.6) is 0 Å². The lowest BCUT2D eigenvalue weighted by Crippen LogP contribution is -2.37. The van der Waals surface area contributed by atoms with Gasteiger partial charge in [-0.3, -0.25) is 14.4 Å². The lowest BCUT2D eigenvalue weighted by atomic mass is 10.0. The number of hydrogen-bond donors (Lipinski definition) is 3. The molecule has 2 aliphatic heterocycles. The number of aliphatic carboxylic acids is 1. The first-order valence-corrected chi connectivity index (χ1v) is 11.2. The highest BCUT2D eigenvalue weighted by Gasteiger charge is 2.41. The van der Waals surface area contributed by atoms with Crippen LogP contribution in [0.3, 0.4) is 0 Å². The smallest absolute Gasteiger partial charge is 0.310 e. The van der Waals surface area contributed by atoms with Gasteiger partial charge in [0.05, 0.1) is 25.6 Å². The minimum atomic E-state index is -1.19. The van der Waals surface area contributed by atoms with Crippen molar-refractivity contribution in [2.45, 2.75) is 82.9 Å². The lowest BCUT2D eigenvalue weighted by molar-refractivity contribution is -0.159. The molecule has 1 saturated heterocycles. The van der Waals surface area contributed by atoms with Gasteiger partial charge in [0.1, 0.15) is 24.4 Å². The number of fused-ring (bicyclic) bond motifs is 2. The summed E-state index contributed by atoms with van der Waals surface area (Å²) >= 11 is 6.30. The van der Waals surface area contributed by atoms with Gasteiger partial charge in [-0.2, -0.15) is 0 Å². The summed E-state index contributed by atoms with van der Waals surface area (Å²) in [6, 6.07) is 0. The third-order valence-electron chi connectivity index (χ3n) is 5.40. The predicted octanol–water partition coefficient (Wildman–Crippen LogP) is 2.38. The maximum atomic E-state index is 12.7. The van der Waals surface area contributed by atoms with Crippen molar-refractivity contribution in [2.75, 3.05) is 6.61 Å². The van der Waals surface area contributed by atoms with Gasteiger partial charge in [0.2, 0.25) is 0 Å². The summed E-state index contributed by atoms with van der Waals surface area (Å²) in [6.45, 7) is 2.37. The van der Waals surface area contributed by atoms with Crippen LogP contribution in [-0.2, 0) is 28.6 Å². The molecule has 5 unspecified atom stereocenters. The SMILES string of the molecule is CC(=O)OC1CC(=O)OC2CC(CCC(Cl)=CCC=C1CO)OC2C(O)C=C(C)CC(=O)O. The molecule has 1 fully saturated rings. The average Bonchev–Trinajstić information content (AvgIpc) is 3.10. The van der Waals surface area contributed by atoms with Gasteiger partial charge in [0.25, 0.3) is 0 Å². The quantitative estimate of drug-likeness (QED) is 0.381. The topological polar surface area (TPSA) is 140 Å². The number of carbonyl (C=O) groups excluding carboxylic acids is 2. The molecule has 0 spiro atoms. The van der Waals surface area contributed by atoms with Crippen molar-refractivity contribution < 1.29 is 43.9 Å². The Morgan fingerprint density at radius 2 is 2.06 bits per heavy atom. The van der Waals surface area contributed by atoms with E-state index in [1.165, 1.54) is 13.0 Å². The molecule has 2 aliphatic rings. The molecule has 2 rings (SSSR count). The zero-order valence-electron chi connectivity index (χ0n) is 18.7. The van der Waals surface area contributed by atoms with E-state index in [2.05, 4.69) is 0 Å². The number of halogens is 1. The van der Waals surface area contributed by atoms with E-state index in [0.29, 0.717) is 41.9 Å². The molecular formula is C23H31ClO9. The molecule has 0 aromatic heterocycles. The number of carbonyl (C=O) groups is 3. The van der Waals surface area contributed by atoms with Crippen molar-refractivity contribution >= 4 is 29.5 Å². The monoisotopic (exact) mass is 486 g/mol. The van der Waals surface area contributed by atoms with E-state index in [9.17, 15) is 24.6 Å². The molecule has 2 heterocycles. The van der Waals surface area contributed by atoms with E-state index in [1.807, 2.05) is 0 Å². The minimum absolute atomic E-state index is 0.238. The van der Waals surface area contributed by atoms with Gasteiger partial charge in [0.15, 0.2) is 0 Å². The summed E-state index contributed by atoms with van der Waals surface area (Å²) in [4.78, 5) is 35.2. The summed E-state index contributed by atoms with van der Waals surface area (Å²) in [5.41, 5.74) is 0.793. The number of esters is 2. The summed E-state index contributed by atoms with van der Waals surface area (Å²) in [6.07, 6.45) is 1.79. The molecule has 3 N–H and O–H groups in total. The van der Waals surface area contributed by atoms with Crippen molar-refractivity contribution in [3.8, 4) is 0 Å². The molecule has 0 aromatic rings. The predicted molar refractivity (Wildman–Crippen MR) is 118 cm³/mol. The van der Waals surface area contributed by atoms with Gasteiger partial charge < -0.3 is 29.5 Å². The van der Waals surface area contributed by atoms with E-state index in [4.69, 9.17) is 30.9 Å². The van der Waals surface area contributed by atoms with Gasteiger partial charge in [-0.05, 0) is 31.8 Å². The number of ether oxygens (including phenoxy) is 3. The molecule has 33 heavy (non-hydrogen) atoms. The molecule has 0 radical (unpaired) electrons. The van der Waals surface area contributed by atoms with Crippen LogP contribution in [0.2, 0.25) is 0 Å². The lowest BCUT2D eigenvalue weighted by Gasteiger charge is -2.24. The largest absolute Gasteiger partial charge is 0.481 e. The molecule has 9 nitrogen and oxygen atoms in total. The van der Waals surface area contributed by atoms with E-state index >= 15 is 0 Å². The fraction of sp³-hybridized carbons (Fsp3) is 0.609. The first-order chi connectivity index (χ1) is 15.6. The molecule has 5 atom stereocenters. The summed E-state index contributed by atoms with van der Waals surface area (Å²) < 4.78 is 16.8. The zero-order valence-corrected chi connectivity index (χ0v) is 19.5. The Morgan fingerprint density at radius 3 is 2.70 bits per heavy atom. The Bertz CT molecular complexity index is 817. The van der Waals surface area contributed by atoms with Crippen LogP contribution in [0.1, 0.15) is 52.4 Å². The Labute approximate surface area is 197 Å². The molecule has 0 aliphatic carbocycles. The number of carboxylic acids is 1. The second kappa shape index (κ2) is 12.9. The Hall–Kier alpha value is -2.20. The van der Waals surface area contributed by atoms with Crippen LogP contribution in [0.25, 0.3) is 0 Å². The highest BCUT2D eigenvalue weighted by atomic mass is 35.5. The van der Waals surface area contributed by atoms with Gasteiger partial charge in [0, 0.05) is 18.4 Å². The molecule has 0 saturated carbocycles. The second-order valence-electron chi connectivity index (χ2n) is 8.23. The van der Waals surface area contributed by atoms with Gasteiger partial charge in [-0.1, -0.05) is 35.4 Å². The maximum absolute atomic E-state index is 12.7. The van der Waals surface area contributed by atoms with Crippen LogP contribution in [0.4, 0.5) is 0 Å². The van der Waals surface area contributed by atoms with Crippen molar-refractivity contribution in [1.82, 2.24) is 0 Å². The maximum Gasteiger partial charge on any atom is 0.310 e. The highest BCUT2D eigenvalue weighted by Crippen LogP contribution is 2.31. The number of carboxylic acid groups (broad SMARTS) is 1. The van der Waals surface area contributed by atoms with E-state index in [1.54, 1.807) is 19.1 Å². The normalized spacial score (nSPS) is 28.2. The van der Waals surface area contributed by atoms with Crippen LogP contribution in [-0.4, -0.2) is 70.4 Å². The Morgan fingerprint density at radius 1 is 1.33 bits per heavy atom. The Balaban J connectivity index is 2.28. The number of rotatable bonds is 6. The first-order valence-electron chi connectivity index (χ1n) is 10.8. The third-order valence-corrected chi connectivity index (χ3v) is 5.74. The average molecular weight is 487 g/mol. The van der Waals surface area contributed by atoms with Crippen LogP contribution in [0, 0.1) is 0 Å². The van der Waals surface area contributed by atoms with Crippen molar-refractivity contribution in [3.63, 3.8) is 0 Å².